The largest absolute Gasteiger partial charge is 0.370 e. The Morgan fingerprint density at radius 2 is 1.26 bits per heavy atom. The first-order valence-corrected chi connectivity index (χ1v) is 9.81. The van der Waals surface area contributed by atoms with E-state index in [9.17, 15) is 24.0 Å². The van der Waals surface area contributed by atoms with E-state index < -0.39 is 53.8 Å². The molecular weight excluding hydrogens is 408 g/mol. The Bertz CT molecular complexity index is 671. The molecule has 0 heterocycles. The molecular formula is C18H33N8O5. The number of hydrogen-bond acceptors (Lipinski definition) is 7. The molecule has 0 fully saturated rings. The summed E-state index contributed by atoms with van der Waals surface area (Å²) < 4.78 is 0. The number of carbonyl (C=O) groups is 4. The zero-order valence-corrected chi connectivity index (χ0v) is 18.2. The van der Waals surface area contributed by atoms with Crippen LogP contribution in [0.1, 0.15) is 40.5 Å². The Morgan fingerprint density at radius 3 is 1.68 bits per heavy atom. The van der Waals surface area contributed by atoms with E-state index >= 15 is 0 Å². The first-order valence-electron chi connectivity index (χ1n) is 9.81. The van der Waals surface area contributed by atoms with Crippen molar-refractivity contribution in [2.24, 2.45) is 11.5 Å². The van der Waals surface area contributed by atoms with Crippen LogP contribution in [0, 0.1) is 5.41 Å². The van der Waals surface area contributed by atoms with Crippen molar-refractivity contribution in [2.75, 3.05) is 6.54 Å². The summed E-state index contributed by atoms with van der Waals surface area (Å²) in [5.74, 6) is -2.51. The maximum atomic E-state index is 12.2. The molecule has 175 valence electrons. The van der Waals surface area contributed by atoms with E-state index in [1.165, 1.54) is 27.7 Å². The topological polar surface area (TPSA) is 221 Å². The van der Waals surface area contributed by atoms with Crippen LogP contribution in [0.4, 0.5) is 0 Å². The monoisotopic (exact) mass is 441 g/mol. The molecule has 0 aliphatic carbocycles. The van der Waals surface area contributed by atoms with Gasteiger partial charge in [-0.25, -0.2) is 0 Å². The van der Waals surface area contributed by atoms with E-state index in [-0.39, 0.29) is 5.96 Å². The summed E-state index contributed by atoms with van der Waals surface area (Å²) in [6, 6.07) is -4.53. The molecule has 13 nitrogen and oxygen atoms in total. The molecule has 4 amide bonds. The Balaban J connectivity index is 4.46. The highest BCUT2D eigenvalue weighted by atomic mass is 16.2. The third-order valence-corrected chi connectivity index (χ3v) is 4.14. The molecule has 13 heteroatoms. The van der Waals surface area contributed by atoms with Crippen molar-refractivity contribution in [3.05, 3.63) is 0 Å². The Labute approximate surface area is 181 Å². The molecule has 4 unspecified atom stereocenters. The Hall–Kier alpha value is -3.22. The molecule has 0 spiro atoms. The van der Waals surface area contributed by atoms with Gasteiger partial charge in [-0.3, -0.25) is 29.4 Å². The summed E-state index contributed by atoms with van der Waals surface area (Å²) in [6.45, 7) is 6.11. The van der Waals surface area contributed by atoms with Crippen LogP contribution in [-0.2, 0) is 24.0 Å². The molecule has 0 aromatic heterocycles. The van der Waals surface area contributed by atoms with Gasteiger partial charge in [-0.1, -0.05) is 0 Å². The fourth-order valence-corrected chi connectivity index (χ4v) is 2.24. The van der Waals surface area contributed by atoms with Crippen molar-refractivity contribution < 1.29 is 24.0 Å². The minimum atomic E-state index is -0.983. The number of hydrogen-bond donors (Lipinski definition) is 8. The van der Waals surface area contributed by atoms with Crippen LogP contribution in [0.15, 0.2) is 0 Å². The van der Waals surface area contributed by atoms with Crippen LogP contribution in [0.2, 0.25) is 0 Å². The summed E-state index contributed by atoms with van der Waals surface area (Å²) in [7, 11) is 0. The van der Waals surface area contributed by atoms with E-state index in [4.69, 9.17) is 16.9 Å². The van der Waals surface area contributed by atoms with Crippen LogP contribution in [0.3, 0.4) is 0 Å². The maximum Gasteiger partial charge on any atom is 0.242 e. The molecule has 0 rings (SSSR count). The zero-order chi connectivity index (χ0) is 24.1. The van der Waals surface area contributed by atoms with Gasteiger partial charge in [-0.05, 0) is 40.5 Å². The smallest absolute Gasteiger partial charge is 0.242 e. The number of nitrogens with one attached hydrogen (secondary N) is 6. The normalized spacial score (nSPS) is 15.3. The van der Waals surface area contributed by atoms with Crippen LogP contribution >= 0.6 is 0 Å². The van der Waals surface area contributed by atoms with E-state index in [0.29, 0.717) is 19.4 Å². The molecule has 31 heavy (non-hydrogen) atoms. The highest BCUT2D eigenvalue weighted by molar-refractivity contribution is 5.94. The van der Waals surface area contributed by atoms with Gasteiger partial charge in [0.25, 0.3) is 0 Å². The minimum absolute atomic E-state index is 0.175. The lowest BCUT2D eigenvalue weighted by atomic mass is 10.1. The van der Waals surface area contributed by atoms with Crippen LogP contribution < -0.4 is 38.1 Å². The first-order chi connectivity index (χ1) is 14.4. The van der Waals surface area contributed by atoms with Crippen molar-refractivity contribution in [1.82, 2.24) is 26.6 Å². The lowest BCUT2D eigenvalue weighted by Gasteiger charge is -2.21. The molecule has 0 saturated heterocycles. The van der Waals surface area contributed by atoms with Crippen LogP contribution in [-0.4, -0.2) is 72.6 Å². The van der Waals surface area contributed by atoms with E-state index in [0.717, 1.165) is 0 Å². The summed E-state index contributed by atoms with van der Waals surface area (Å²) in [4.78, 5) is 58.8. The lowest BCUT2D eigenvalue weighted by molar-refractivity contribution is -0.133. The molecule has 0 aliphatic heterocycles. The van der Waals surface area contributed by atoms with Crippen LogP contribution in [0.5, 0.6) is 0 Å². The standard InChI is InChI=1S/C18H33N8O5/c1-9(8-27)23-14(28)10(2)24-15(29)11(3)25-16(30)12(4)26-17(31)13(19)6-5-7-22-18(20)21/h9-13H,5-7,19H2,1-4H3,(H,23,28)(H,24,29)(H,25,30)(H,26,31)(H4,20,21,22)/t9-,10?,11?,12?,13?/m1/s1. The van der Waals surface area contributed by atoms with Gasteiger partial charge in [-0.2, -0.15) is 0 Å². The molecule has 10 N–H and O–H groups in total. The van der Waals surface area contributed by atoms with Crippen molar-refractivity contribution >= 4 is 35.9 Å². The van der Waals surface area contributed by atoms with Gasteiger partial charge in [-0.15, -0.1) is 0 Å². The maximum absolute atomic E-state index is 12.2. The van der Waals surface area contributed by atoms with Gasteiger partial charge in [0.15, 0.2) is 5.96 Å². The van der Waals surface area contributed by atoms with E-state index in [1.807, 2.05) is 0 Å². The molecule has 0 aliphatic rings. The Morgan fingerprint density at radius 1 is 0.839 bits per heavy atom. The first kappa shape index (κ1) is 27.8. The van der Waals surface area contributed by atoms with Gasteiger partial charge in [0.2, 0.25) is 29.9 Å². The number of nitrogens with two attached hydrogens (primary N) is 2. The zero-order valence-electron chi connectivity index (χ0n) is 18.2. The molecule has 0 saturated carbocycles. The van der Waals surface area contributed by atoms with Gasteiger partial charge in [0.05, 0.1) is 12.1 Å². The van der Waals surface area contributed by atoms with Crippen LogP contribution in [0.25, 0.3) is 0 Å². The number of guanidine groups is 1. The van der Waals surface area contributed by atoms with E-state index in [2.05, 4.69) is 26.6 Å². The van der Waals surface area contributed by atoms with Crippen molar-refractivity contribution in [1.29, 1.82) is 5.41 Å². The molecule has 1 radical (unpaired) electrons. The fourth-order valence-electron chi connectivity index (χ4n) is 2.24. The molecule has 0 bridgehead atoms. The quantitative estimate of drug-likeness (QED) is 0.0819. The predicted molar refractivity (Wildman–Crippen MR) is 113 cm³/mol. The summed E-state index contributed by atoms with van der Waals surface area (Å²) >= 11 is 0. The third kappa shape index (κ3) is 11.5. The van der Waals surface area contributed by atoms with E-state index in [1.54, 1.807) is 6.29 Å². The van der Waals surface area contributed by atoms with Gasteiger partial charge >= 0.3 is 0 Å². The van der Waals surface area contributed by atoms with Crippen molar-refractivity contribution in [3.63, 3.8) is 0 Å². The summed E-state index contributed by atoms with van der Waals surface area (Å²) in [6.07, 6.45) is 2.42. The van der Waals surface area contributed by atoms with Gasteiger partial charge in [0, 0.05) is 6.54 Å². The summed E-state index contributed by atoms with van der Waals surface area (Å²) in [5.41, 5.74) is 10.9. The van der Waals surface area contributed by atoms with Gasteiger partial charge < -0.3 is 38.1 Å². The second-order valence-electron chi connectivity index (χ2n) is 7.13. The fraction of sp³-hybridized carbons (Fsp3) is 0.667. The van der Waals surface area contributed by atoms with Crippen molar-refractivity contribution in [3.8, 4) is 0 Å². The molecule has 0 aromatic carbocycles. The lowest BCUT2D eigenvalue weighted by Crippen LogP contribution is -2.56. The SMILES string of the molecule is CC(NC(=O)C(N)CCCNC(=N)N)C(=O)NC(C)C(=O)NC(C)C(=O)N[C@H](C)[C]=O. The average Bonchev–Trinajstić information content (AvgIpc) is 2.69. The predicted octanol–water partition coefficient (Wildman–Crippen LogP) is -3.29. The summed E-state index contributed by atoms with van der Waals surface area (Å²) in [5, 5.41) is 19.3. The molecule has 0 aromatic rings. The minimum Gasteiger partial charge on any atom is -0.370 e. The second kappa shape index (κ2) is 13.9. The second-order valence-corrected chi connectivity index (χ2v) is 7.13. The Kier molecular flexibility index (Phi) is 12.5. The molecule has 5 atom stereocenters. The number of rotatable bonds is 13. The highest BCUT2D eigenvalue weighted by Gasteiger charge is 2.25. The van der Waals surface area contributed by atoms with Gasteiger partial charge in [0.1, 0.15) is 18.1 Å². The average molecular weight is 442 g/mol. The number of carbonyl (C=O) groups excluding carboxylic acids is 5. The highest BCUT2D eigenvalue weighted by Crippen LogP contribution is 1.96. The van der Waals surface area contributed by atoms with Crippen molar-refractivity contribution in [2.45, 2.75) is 70.7 Å². The third-order valence-electron chi connectivity index (χ3n) is 4.14. The number of amides is 4.